The van der Waals surface area contributed by atoms with E-state index in [9.17, 15) is 0 Å². The van der Waals surface area contributed by atoms with Crippen LogP contribution in [0, 0.1) is 0 Å². The molecule has 0 spiro atoms. The molecule has 1 aromatic carbocycles. The summed E-state index contributed by atoms with van der Waals surface area (Å²) >= 11 is 0. The molecule has 22 heavy (non-hydrogen) atoms. The highest BCUT2D eigenvalue weighted by molar-refractivity contribution is 5.44. The number of hydrogen-bond acceptors (Lipinski definition) is 5. The standard InChI is InChI=1S/C17H23N3O2/c1-20(2)10-11-22-15-8-7-14(12-16(15)21-3)13-19-17-6-4-5-9-18-17/h4-9,12H,10-11,13H2,1-3H3,(H,18,19). The molecule has 0 saturated heterocycles. The lowest BCUT2D eigenvalue weighted by Crippen LogP contribution is -2.19. The summed E-state index contributed by atoms with van der Waals surface area (Å²) in [6.07, 6.45) is 1.77. The summed E-state index contributed by atoms with van der Waals surface area (Å²) in [6.45, 7) is 2.19. The van der Waals surface area contributed by atoms with E-state index in [0.717, 1.165) is 29.4 Å². The number of nitrogens with one attached hydrogen (secondary N) is 1. The second-order valence-corrected chi connectivity index (χ2v) is 5.21. The van der Waals surface area contributed by atoms with Gasteiger partial charge in [0.2, 0.25) is 0 Å². The monoisotopic (exact) mass is 301 g/mol. The SMILES string of the molecule is COc1cc(CNc2ccccn2)ccc1OCCN(C)C. The van der Waals surface area contributed by atoms with Gasteiger partial charge in [-0.1, -0.05) is 12.1 Å². The first-order chi connectivity index (χ1) is 10.7. The normalized spacial score (nSPS) is 10.5. The zero-order valence-electron chi connectivity index (χ0n) is 13.4. The highest BCUT2D eigenvalue weighted by atomic mass is 16.5. The summed E-state index contributed by atoms with van der Waals surface area (Å²) < 4.78 is 11.2. The minimum absolute atomic E-state index is 0.634. The van der Waals surface area contributed by atoms with Crippen LogP contribution in [-0.2, 0) is 6.54 Å². The number of aromatic nitrogens is 1. The van der Waals surface area contributed by atoms with Crippen LogP contribution in [0.25, 0.3) is 0 Å². The molecule has 118 valence electrons. The number of methoxy groups -OCH3 is 1. The minimum Gasteiger partial charge on any atom is -0.493 e. The number of likely N-dealkylation sites (N-methyl/N-ethyl adjacent to an activating group) is 1. The van der Waals surface area contributed by atoms with E-state index < -0.39 is 0 Å². The van der Waals surface area contributed by atoms with E-state index >= 15 is 0 Å². The second kappa shape index (κ2) is 8.24. The Morgan fingerprint density at radius 1 is 1.14 bits per heavy atom. The lowest BCUT2D eigenvalue weighted by atomic mass is 10.2. The molecule has 0 bridgehead atoms. The van der Waals surface area contributed by atoms with Gasteiger partial charge in [-0.05, 0) is 43.9 Å². The fourth-order valence-corrected chi connectivity index (χ4v) is 1.94. The Bertz CT molecular complexity index is 573. The van der Waals surface area contributed by atoms with Crippen molar-refractivity contribution in [3.8, 4) is 11.5 Å². The lowest BCUT2D eigenvalue weighted by molar-refractivity contribution is 0.250. The first kappa shape index (κ1) is 16.1. The molecule has 0 unspecified atom stereocenters. The van der Waals surface area contributed by atoms with Crippen LogP contribution >= 0.6 is 0 Å². The van der Waals surface area contributed by atoms with Gasteiger partial charge < -0.3 is 19.7 Å². The molecular formula is C17H23N3O2. The Hall–Kier alpha value is -2.27. The highest BCUT2D eigenvalue weighted by Gasteiger charge is 2.06. The molecule has 0 amide bonds. The molecule has 0 aliphatic carbocycles. The molecule has 1 N–H and O–H groups in total. The van der Waals surface area contributed by atoms with Crippen molar-refractivity contribution in [2.45, 2.75) is 6.54 Å². The first-order valence-electron chi connectivity index (χ1n) is 7.28. The molecule has 0 aliphatic heterocycles. The summed E-state index contributed by atoms with van der Waals surface area (Å²) in [4.78, 5) is 6.32. The van der Waals surface area contributed by atoms with Gasteiger partial charge in [0, 0.05) is 19.3 Å². The van der Waals surface area contributed by atoms with E-state index in [4.69, 9.17) is 9.47 Å². The molecule has 0 radical (unpaired) electrons. The average Bonchev–Trinajstić information content (AvgIpc) is 2.54. The van der Waals surface area contributed by atoms with Crippen molar-refractivity contribution in [2.75, 3.05) is 39.7 Å². The van der Waals surface area contributed by atoms with E-state index in [1.165, 1.54) is 0 Å². The number of nitrogens with zero attached hydrogens (tertiary/aromatic N) is 2. The Labute approximate surface area is 131 Å². The van der Waals surface area contributed by atoms with E-state index in [2.05, 4.69) is 15.2 Å². The van der Waals surface area contributed by atoms with Crippen molar-refractivity contribution in [1.29, 1.82) is 0 Å². The van der Waals surface area contributed by atoms with Crippen LogP contribution < -0.4 is 14.8 Å². The number of benzene rings is 1. The largest absolute Gasteiger partial charge is 0.493 e. The number of hydrogen-bond donors (Lipinski definition) is 1. The fourth-order valence-electron chi connectivity index (χ4n) is 1.94. The zero-order chi connectivity index (χ0) is 15.8. The van der Waals surface area contributed by atoms with Crippen molar-refractivity contribution in [3.05, 3.63) is 48.2 Å². The van der Waals surface area contributed by atoms with Crippen LogP contribution in [0.15, 0.2) is 42.6 Å². The quantitative estimate of drug-likeness (QED) is 0.812. The summed E-state index contributed by atoms with van der Waals surface area (Å²) in [5, 5.41) is 3.28. The van der Waals surface area contributed by atoms with Crippen LogP contribution in [0.5, 0.6) is 11.5 Å². The number of rotatable bonds is 8. The van der Waals surface area contributed by atoms with E-state index in [1.807, 2.05) is 50.5 Å². The van der Waals surface area contributed by atoms with Gasteiger partial charge in [-0.15, -0.1) is 0 Å². The molecule has 0 saturated carbocycles. The smallest absolute Gasteiger partial charge is 0.161 e. The van der Waals surface area contributed by atoms with E-state index in [-0.39, 0.29) is 0 Å². The first-order valence-corrected chi connectivity index (χ1v) is 7.28. The molecule has 1 heterocycles. The van der Waals surface area contributed by atoms with Gasteiger partial charge in [0.25, 0.3) is 0 Å². The van der Waals surface area contributed by atoms with Crippen LogP contribution in [0.4, 0.5) is 5.82 Å². The second-order valence-electron chi connectivity index (χ2n) is 5.21. The third-order valence-corrected chi connectivity index (χ3v) is 3.16. The molecule has 2 rings (SSSR count). The predicted molar refractivity (Wildman–Crippen MR) is 88.6 cm³/mol. The minimum atomic E-state index is 0.634. The summed E-state index contributed by atoms with van der Waals surface area (Å²) in [5.41, 5.74) is 1.11. The number of pyridine rings is 1. The lowest BCUT2D eigenvalue weighted by Gasteiger charge is -2.14. The Kier molecular flexibility index (Phi) is 6.03. The van der Waals surface area contributed by atoms with Crippen LogP contribution in [0.3, 0.4) is 0 Å². The maximum absolute atomic E-state index is 5.76. The van der Waals surface area contributed by atoms with E-state index in [1.54, 1.807) is 13.3 Å². The van der Waals surface area contributed by atoms with Gasteiger partial charge in [-0.2, -0.15) is 0 Å². The van der Waals surface area contributed by atoms with Gasteiger partial charge in [0.15, 0.2) is 11.5 Å². The maximum atomic E-state index is 5.76. The van der Waals surface area contributed by atoms with Crippen molar-refractivity contribution in [3.63, 3.8) is 0 Å². The number of ether oxygens (including phenoxy) is 2. The Morgan fingerprint density at radius 3 is 2.68 bits per heavy atom. The Morgan fingerprint density at radius 2 is 2.00 bits per heavy atom. The van der Waals surface area contributed by atoms with Crippen LogP contribution in [0.1, 0.15) is 5.56 Å². The molecular weight excluding hydrogens is 278 g/mol. The summed E-state index contributed by atoms with van der Waals surface area (Å²) in [5.74, 6) is 2.37. The summed E-state index contributed by atoms with van der Waals surface area (Å²) in [7, 11) is 5.70. The topological polar surface area (TPSA) is 46.6 Å². The van der Waals surface area contributed by atoms with Crippen molar-refractivity contribution in [1.82, 2.24) is 9.88 Å². The van der Waals surface area contributed by atoms with Gasteiger partial charge in [0.1, 0.15) is 12.4 Å². The van der Waals surface area contributed by atoms with Crippen molar-refractivity contribution in [2.24, 2.45) is 0 Å². The maximum Gasteiger partial charge on any atom is 0.161 e. The third-order valence-electron chi connectivity index (χ3n) is 3.16. The Balaban J connectivity index is 1.96. The van der Waals surface area contributed by atoms with Crippen molar-refractivity contribution >= 4 is 5.82 Å². The molecule has 0 atom stereocenters. The van der Waals surface area contributed by atoms with Crippen molar-refractivity contribution < 1.29 is 9.47 Å². The van der Waals surface area contributed by atoms with E-state index in [0.29, 0.717) is 13.2 Å². The molecule has 5 nitrogen and oxygen atoms in total. The zero-order valence-corrected chi connectivity index (χ0v) is 13.4. The third kappa shape index (κ3) is 4.93. The molecule has 0 aliphatic rings. The molecule has 2 aromatic rings. The molecule has 5 heteroatoms. The average molecular weight is 301 g/mol. The van der Waals surface area contributed by atoms with Crippen LogP contribution in [-0.4, -0.2) is 44.2 Å². The van der Waals surface area contributed by atoms with Gasteiger partial charge in [-0.25, -0.2) is 4.98 Å². The fraction of sp³-hybridized carbons (Fsp3) is 0.353. The van der Waals surface area contributed by atoms with Gasteiger partial charge in [0.05, 0.1) is 7.11 Å². The molecule has 1 aromatic heterocycles. The molecule has 0 fully saturated rings. The van der Waals surface area contributed by atoms with Gasteiger partial charge >= 0.3 is 0 Å². The van der Waals surface area contributed by atoms with Crippen LogP contribution in [0.2, 0.25) is 0 Å². The number of anilines is 1. The summed E-state index contributed by atoms with van der Waals surface area (Å²) in [6, 6.07) is 11.8. The van der Waals surface area contributed by atoms with Gasteiger partial charge in [-0.3, -0.25) is 0 Å². The highest BCUT2D eigenvalue weighted by Crippen LogP contribution is 2.28. The predicted octanol–water partition coefficient (Wildman–Crippen LogP) is 2.64.